The molecule has 2 heterocycles. The molecule has 0 amide bonds. The van der Waals surface area contributed by atoms with E-state index in [-0.39, 0.29) is 29.7 Å². The van der Waals surface area contributed by atoms with Crippen LogP contribution < -0.4 is 0 Å². The second kappa shape index (κ2) is 6.27. The van der Waals surface area contributed by atoms with Crippen molar-refractivity contribution in [3.63, 3.8) is 0 Å². The monoisotopic (exact) mass is 278 g/mol. The lowest BCUT2D eigenvalue weighted by Gasteiger charge is -2.00. The molecule has 6 heteroatoms. The molecule has 0 saturated heterocycles. The van der Waals surface area contributed by atoms with Crippen molar-refractivity contribution in [1.29, 1.82) is 0 Å². The molecule has 0 spiro atoms. The lowest BCUT2D eigenvalue weighted by atomic mass is 10.1. The summed E-state index contributed by atoms with van der Waals surface area (Å²) in [5.74, 6) is -0.231. The number of rotatable bonds is 2. The Balaban J connectivity index is 0.000000200. The maximum absolute atomic E-state index is 10.9. The molecule has 6 nitrogen and oxygen atoms in total. The Labute approximate surface area is 117 Å². The first-order chi connectivity index (χ1) is 9.23. The van der Waals surface area contributed by atoms with Gasteiger partial charge in [0, 0.05) is 19.0 Å². The molecule has 0 aromatic rings. The minimum absolute atomic E-state index is 0.0741. The zero-order valence-corrected chi connectivity index (χ0v) is 12.1. The fraction of sp³-hybridized carbons (Fsp3) is 0.429. The van der Waals surface area contributed by atoms with Crippen LogP contribution in [0.15, 0.2) is 28.1 Å². The number of hydrogen-bond acceptors (Lipinski definition) is 6. The molecule has 0 radical (unpaired) electrons. The van der Waals surface area contributed by atoms with Crippen molar-refractivity contribution in [3.05, 3.63) is 23.1 Å². The molecule has 2 aliphatic heterocycles. The summed E-state index contributed by atoms with van der Waals surface area (Å²) >= 11 is 0. The fourth-order valence-corrected chi connectivity index (χ4v) is 1.96. The van der Waals surface area contributed by atoms with Crippen molar-refractivity contribution in [3.8, 4) is 0 Å². The summed E-state index contributed by atoms with van der Waals surface area (Å²) in [6, 6.07) is 0. The van der Waals surface area contributed by atoms with Crippen LogP contribution >= 0.6 is 0 Å². The highest BCUT2D eigenvalue weighted by Gasteiger charge is 2.21. The van der Waals surface area contributed by atoms with Crippen LogP contribution in [0.2, 0.25) is 0 Å². The minimum atomic E-state index is -0.144. The van der Waals surface area contributed by atoms with E-state index in [2.05, 4.69) is 4.99 Å². The number of aliphatic imine (C=N–C) groups is 1. The lowest BCUT2D eigenvalue weighted by Crippen LogP contribution is -2.13. The van der Waals surface area contributed by atoms with Crippen LogP contribution in [-0.2, 0) is 14.4 Å². The van der Waals surface area contributed by atoms with Gasteiger partial charge in [0.1, 0.15) is 5.76 Å². The van der Waals surface area contributed by atoms with Crippen molar-refractivity contribution >= 4 is 23.1 Å². The maximum atomic E-state index is 10.9. The fourth-order valence-electron chi connectivity index (χ4n) is 1.96. The third kappa shape index (κ3) is 3.63. The number of allylic oxidation sites excluding steroid dienone is 1. The van der Waals surface area contributed by atoms with Gasteiger partial charge in [-0.25, -0.2) is 0 Å². The molecule has 0 atom stereocenters. The van der Waals surface area contributed by atoms with E-state index in [1.165, 1.54) is 13.8 Å². The summed E-state index contributed by atoms with van der Waals surface area (Å²) in [6.07, 6.45) is 1.59. The summed E-state index contributed by atoms with van der Waals surface area (Å²) in [4.78, 5) is 37.9. The van der Waals surface area contributed by atoms with E-state index in [9.17, 15) is 14.4 Å². The first kappa shape index (κ1) is 15.8. The maximum Gasteiger partial charge on any atom is 0.187 e. The molecule has 108 valence electrons. The number of likely N-dealkylation sites (N-methyl/N-ethyl adjacent to an activating group) is 1. The predicted octanol–water partition coefficient (Wildman–Crippen LogP) is 0.836. The molecule has 1 N–H and O–H groups in total. The molecular formula is C14H18N2O4. The zero-order valence-electron chi connectivity index (χ0n) is 12.1. The van der Waals surface area contributed by atoms with Gasteiger partial charge in [-0.05, 0) is 20.8 Å². The van der Waals surface area contributed by atoms with Gasteiger partial charge in [-0.1, -0.05) is 0 Å². The summed E-state index contributed by atoms with van der Waals surface area (Å²) in [5, 5.41) is 9.07. The van der Waals surface area contributed by atoms with Gasteiger partial charge in [-0.15, -0.1) is 0 Å². The number of nitrogens with zero attached hydrogens (tertiary/aromatic N) is 2. The highest BCUT2D eigenvalue weighted by molar-refractivity contribution is 6.22. The van der Waals surface area contributed by atoms with Crippen LogP contribution in [-0.4, -0.2) is 53.2 Å². The second-order valence-corrected chi connectivity index (χ2v) is 4.72. The molecule has 0 aromatic carbocycles. The summed E-state index contributed by atoms with van der Waals surface area (Å²) < 4.78 is 0. The summed E-state index contributed by atoms with van der Waals surface area (Å²) in [6.45, 7) is 5.16. The van der Waals surface area contributed by atoms with E-state index in [1.807, 2.05) is 0 Å². The lowest BCUT2D eigenvalue weighted by molar-refractivity contribution is -0.119. The number of carbonyl (C=O) groups is 3. The smallest absolute Gasteiger partial charge is 0.187 e. The molecule has 0 unspecified atom stereocenters. The molecule has 0 saturated carbocycles. The molecule has 0 bridgehead atoms. The number of carbonyl (C=O) groups excluding carboxylic acids is 3. The number of hydrogen-bond donors (Lipinski definition) is 1. The molecule has 0 aliphatic carbocycles. The van der Waals surface area contributed by atoms with Crippen molar-refractivity contribution in [2.24, 2.45) is 4.99 Å². The van der Waals surface area contributed by atoms with Crippen LogP contribution in [0.1, 0.15) is 20.8 Å². The van der Waals surface area contributed by atoms with Gasteiger partial charge in [0.2, 0.25) is 0 Å². The van der Waals surface area contributed by atoms with Crippen LogP contribution in [0, 0.1) is 0 Å². The van der Waals surface area contributed by atoms with Gasteiger partial charge in [-0.2, -0.15) is 0 Å². The molecule has 0 aromatic heterocycles. The van der Waals surface area contributed by atoms with Crippen molar-refractivity contribution in [2.45, 2.75) is 20.8 Å². The third-order valence-electron chi connectivity index (χ3n) is 2.89. The van der Waals surface area contributed by atoms with Gasteiger partial charge < -0.3 is 10.0 Å². The van der Waals surface area contributed by atoms with Gasteiger partial charge in [0.05, 0.1) is 24.2 Å². The van der Waals surface area contributed by atoms with Crippen LogP contribution in [0.5, 0.6) is 0 Å². The summed E-state index contributed by atoms with van der Waals surface area (Å²) in [7, 11) is 1.77. The van der Waals surface area contributed by atoms with E-state index in [4.69, 9.17) is 5.11 Å². The quantitative estimate of drug-likeness (QED) is 0.756. The van der Waals surface area contributed by atoms with E-state index < -0.39 is 0 Å². The standard InChI is InChI=1S/2C7H9NO2/c1-5(9)6-3-8(2)4-7(6)10;1-4-7(5(2)9)6(10)3-8-4/h3H,4H2,1-2H3;10H,3H2,1-2H3. The first-order valence-electron chi connectivity index (χ1n) is 6.14. The van der Waals surface area contributed by atoms with Gasteiger partial charge in [0.15, 0.2) is 17.3 Å². The summed E-state index contributed by atoms with van der Waals surface area (Å²) in [5.41, 5.74) is 1.35. The minimum Gasteiger partial charge on any atom is -0.510 e. The van der Waals surface area contributed by atoms with E-state index >= 15 is 0 Å². The number of aliphatic hydroxyl groups is 1. The Morgan fingerprint density at radius 1 is 1.30 bits per heavy atom. The van der Waals surface area contributed by atoms with Crippen LogP contribution in [0.3, 0.4) is 0 Å². The van der Waals surface area contributed by atoms with Crippen molar-refractivity contribution in [1.82, 2.24) is 4.90 Å². The van der Waals surface area contributed by atoms with Crippen LogP contribution in [0.25, 0.3) is 0 Å². The van der Waals surface area contributed by atoms with Crippen molar-refractivity contribution in [2.75, 3.05) is 20.1 Å². The molecular weight excluding hydrogens is 260 g/mol. The highest BCUT2D eigenvalue weighted by Crippen LogP contribution is 2.13. The Hall–Kier alpha value is -2.24. The van der Waals surface area contributed by atoms with Gasteiger partial charge in [-0.3, -0.25) is 19.4 Å². The van der Waals surface area contributed by atoms with E-state index in [0.717, 1.165) is 0 Å². The zero-order chi connectivity index (χ0) is 15.4. The first-order valence-corrected chi connectivity index (χ1v) is 6.14. The van der Waals surface area contributed by atoms with E-state index in [0.29, 0.717) is 23.4 Å². The van der Waals surface area contributed by atoms with Crippen molar-refractivity contribution < 1.29 is 19.5 Å². The average Bonchev–Trinajstić information content (AvgIpc) is 2.82. The largest absolute Gasteiger partial charge is 0.510 e. The Kier molecular flexibility index (Phi) is 4.96. The Morgan fingerprint density at radius 3 is 2.10 bits per heavy atom. The third-order valence-corrected chi connectivity index (χ3v) is 2.89. The molecule has 0 fully saturated rings. The van der Waals surface area contributed by atoms with Crippen LogP contribution in [0.4, 0.5) is 0 Å². The Bertz CT molecular complexity index is 556. The van der Waals surface area contributed by atoms with Gasteiger partial charge in [0.25, 0.3) is 0 Å². The number of ketones is 3. The van der Waals surface area contributed by atoms with E-state index in [1.54, 1.807) is 25.1 Å². The predicted molar refractivity (Wildman–Crippen MR) is 74.7 cm³/mol. The average molecular weight is 278 g/mol. The SMILES string of the molecule is CC(=O)C1=C(O)CN=C1C.CC(=O)C1=CN(C)CC1=O. The second-order valence-electron chi connectivity index (χ2n) is 4.72. The topological polar surface area (TPSA) is 87.0 Å². The van der Waals surface area contributed by atoms with Gasteiger partial charge >= 0.3 is 0 Å². The highest BCUT2D eigenvalue weighted by atomic mass is 16.3. The number of aliphatic hydroxyl groups excluding tert-OH is 1. The Morgan fingerprint density at radius 2 is 1.90 bits per heavy atom. The molecule has 2 aliphatic rings. The molecule has 20 heavy (non-hydrogen) atoms. The molecule has 2 rings (SSSR count). The number of Topliss-reactive ketones (excluding diaryl/α,β-unsaturated/α-hetero) is 3. The normalized spacial score (nSPS) is 17.6.